The summed E-state index contributed by atoms with van der Waals surface area (Å²) < 4.78 is 0. The summed E-state index contributed by atoms with van der Waals surface area (Å²) in [7, 11) is 0. The van der Waals surface area contributed by atoms with Crippen molar-refractivity contribution in [2.75, 3.05) is 19.6 Å². The lowest BCUT2D eigenvalue weighted by molar-refractivity contribution is -0.138. The maximum absolute atomic E-state index is 10.8. The first-order valence-electron chi connectivity index (χ1n) is 7.84. The van der Waals surface area contributed by atoms with Crippen molar-refractivity contribution in [2.24, 2.45) is 5.92 Å². The highest BCUT2D eigenvalue weighted by molar-refractivity contribution is 5.80. The molecule has 5 heteroatoms. The summed E-state index contributed by atoms with van der Waals surface area (Å²) in [5, 5.41) is 10.1. The lowest BCUT2D eigenvalue weighted by atomic mass is 9.92. The summed E-state index contributed by atoms with van der Waals surface area (Å²) in [4.78, 5) is 21.5. The van der Waals surface area contributed by atoms with E-state index in [2.05, 4.69) is 20.9 Å². The van der Waals surface area contributed by atoms with E-state index in [1.165, 1.54) is 5.56 Å². The molecule has 0 aromatic carbocycles. The zero-order valence-electron chi connectivity index (χ0n) is 12.6. The molecular weight excluding hydrogens is 278 g/mol. The number of rotatable bonds is 4. The first kappa shape index (κ1) is 14.9. The van der Waals surface area contributed by atoms with Gasteiger partial charge in [-0.25, -0.2) is 0 Å². The van der Waals surface area contributed by atoms with Crippen LogP contribution in [0.15, 0.2) is 30.7 Å². The number of hydrogen-bond donors (Lipinski definition) is 1. The predicted octanol–water partition coefficient (Wildman–Crippen LogP) is 2.36. The van der Waals surface area contributed by atoms with Gasteiger partial charge in [0.2, 0.25) is 0 Å². The van der Waals surface area contributed by atoms with Crippen LogP contribution >= 0.6 is 0 Å². The normalized spacial score (nSPS) is 19.9. The number of nitrogens with zero attached hydrogens (tertiary/aromatic N) is 3. The van der Waals surface area contributed by atoms with E-state index in [4.69, 9.17) is 5.11 Å². The van der Waals surface area contributed by atoms with E-state index in [1.807, 2.05) is 18.5 Å². The monoisotopic (exact) mass is 299 g/mol. The summed E-state index contributed by atoms with van der Waals surface area (Å²) in [6.07, 6.45) is 9.83. The van der Waals surface area contributed by atoms with Gasteiger partial charge in [-0.3, -0.25) is 19.7 Å². The van der Waals surface area contributed by atoms with Gasteiger partial charge in [0.25, 0.3) is 0 Å². The number of aliphatic carboxylic acids is 1. The Hall–Kier alpha value is -2.01. The van der Waals surface area contributed by atoms with Gasteiger partial charge in [0, 0.05) is 24.0 Å². The van der Waals surface area contributed by atoms with Crippen molar-refractivity contribution in [1.29, 1.82) is 0 Å². The minimum atomic E-state index is -0.732. The third kappa shape index (κ3) is 3.60. The molecule has 1 N–H and O–H groups in total. The molecule has 1 fully saturated rings. The van der Waals surface area contributed by atoms with Gasteiger partial charge in [0.1, 0.15) is 0 Å². The van der Waals surface area contributed by atoms with E-state index < -0.39 is 5.97 Å². The maximum Gasteiger partial charge on any atom is 0.317 e. The number of hydrogen-bond acceptors (Lipinski definition) is 4. The Labute approximate surface area is 130 Å². The van der Waals surface area contributed by atoms with Crippen LogP contribution in [0.2, 0.25) is 0 Å². The Balaban J connectivity index is 1.69. The average molecular weight is 299 g/mol. The molecule has 3 rings (SSSR count). The number of aromatic nitrogens is 2. The second-order valence-corrected chi connectivity index (χ2v) is 6.03. The molecule has 116 valence electrons. The van der Waals surface area contributed by atoms with Crippen molar-refractivity contribution in [2.45, 2.75) is 25.7 Å². The number of carboxylic acids is 1. The van der Waals surface area contributed by atoms with E-state index in [0.29, 0.717) is 5.92 Å². The molecule has 0 amide bonds. The SMILES string of the molecule is O=C(O)CN1CCC[C@H](Cc2ccnc3ccncc23)CC1. The fraction of sp³-hybridized carbons (Fsp3) is 0.471. The van der Waals surface area contributed by atoms with Crippen molar-refractivity contribution in [1.82, 2.24) is 14.9 Å². The van der Waals surface area contributed by atoms with Crippen LogP contribution in [0, 0.1) is 5.92 Å². The largest absolute Gasteiger partial charge is 0.480 e. The molecule has 1 saturated heterocycles. The molecule has 5 nitrogen and oxygen atoms in total. The zero-order chi connectivity index (χ0) is 15.4. The van der Waals surface area contributed by atoms with Gasteiger partial charge in [-0.15, -0.1) is 0 Å². The van der Waals surface area contributed by atoms with E-state index in [9.17, 15) is 4.79 Å². The van der Waals surface area contributed by atoms with Gasteiger partial charge in [-0.05, 0) is 62.4 Å². The topological polar surface area (TPSA) is 66.3 Å². The molecule has 22 heavy (non-hydrogen) atoms. The summed E-state index contributed by atoms with van der Waals surface area (Å²) in [5.74, 6) is -0.130. The van der Waals surface area contributed by atoms with Crippen LogP contribution in [0.5, 0.6) is 0 Å². The van der Waals surface area contributed by atoms with Gasteiger partial charge in [-0.1, -0.05) is 0 Å². The molecule has 1 aliphatic rings. The first-order chi connectivity index (χ1) is 10.7. The highest BCUT2D eigenvalue weighted by Gasteiger charge is 2.19. The van der Waals surface area contributed by atoms with Crippen LogP contribution in [-0.2, 0) is 11.2 Å². The second kappa shape index (κ2) is 6.83. The van der Waals surface area contributed by atoms with E-state index in [0.717, 1.165) is 49.7 Å². The molecule has 0 aliphatic carbocycles. The third-order valence-electron chi connectivity index (χ3n) is 4.44. The lowest BCUT2D eigenvalue weighted by Gasteiger charge is -2.18. The predicted molar refractivity (Wildman–Crippen MR) is 84.7 cm³/mol. The molecule has 3 heterocycles. The number of fused-ring (bicyclic) bond motifs is 1. The minimum Gasteiger partial charge on any atom is -0.480 e. The van der Waals surface area contributed by atoms with Crippen molar-refractivity contribution < 1.29 is 9.90 Å². The Morgan fingerprint density at radius 3 is 3.05 bits per heavy atom. The summed E-state index contributed by atoms with van der Waals surface area (Å²) >= 11 is 0. The van der Waals surface area contributed by atoms with E-state index >= 15 is 0 Å². The molecule has 0 bridgehead atoms. The average Bonchev–Trinajstić information content (AvgIpc) is 2.73. The highest BCUT2D eigenvalue weighted by Crippen LogP contribution is 2.25. The van der Waals surface area contributed by atoms with Gasteiger partial charge in [0.15, 0.2) is 0 Å². The van der Waals surface area contributed by atoms with Crippen LogP contribution in [0.1, 0.15) is 24.8 Å². The molecule has 0 radical (unpaired) electrons. The fourth-order valence-electron chi connectivity index (χ4n) is 3.31. The molecule has 2 aromatic rings. The smallest absolute Gasteiger partial charge is 0.317 e. The molecule has 2 aromatic heterocycles. The zero-order valence-corrected chi connectivity index (χ0v) is 12.6. The van der Waals surface area contributed by atoms with E-state index in [-0.39, 0.29) is 6.54 Å². The van der Waals surface area contributed by atoms with Gasteiger partial charge < -0.3 is 5.11 Å². The molecule has 1 aliphatic heterocycles. The van der Waals surface area contributed by atoms with Crippen molar-refractivity contribution >= 4 is 16.9 Å². The number of pyridine rings is 2. The molecular formula is C17H21N3O2. The fourth-order valence-corrected chi connectivity index (χ4v) is 3.31. The van der Waals surface area contributed by atoms with Crippen LogP contribution in [-0.4, -0.2) is 45.6 Å². The standard InChI is InChI=1S/C17H21N3O2/c21-17(22)12-20-8-1-2-13(5-9-20)10-14-3-7-19-16-4-6-18-11-15(14)16/h3-4,6-7,11,13H,1-2,5,8-10,12H2,(H,21,22)/t13-/m0/s1. The van der Waals surface area contributed by atoms with Gasteiger partial charge >= 0.3 is 5.97 Å². The highest BCUT2D eigenvalue weighted by atomic mass is 16.4. The van der Waals surface area contributed by atoms with Gasteiger partial charge in [-0.2, -0.15) is 0 Å². The molecule has 0 saturated carbocycles. The number of carbonyl (C=O) groups is 1. The molecule has 0 unspecified atom stereocenters. The van der Waals surface area contributed by atoms with Crippen LogP contribution < -0.4 is 0 Å². The number of carboxylic acid groups (broad SMARTS) is 1. The third-order valence-corrected chi connectivity index (χ3v) is 4.44. The van der Waals surface area contributed by atoms with Crippen molar-refractivity contribution in [3.8, 4) is 0 Å². The molecule has 0 spiro atoms. The van der Waals surface area contributed by atoms with Gasteiger partial charge in [0.05, 0.1) is 12.1 Å². The first-order valence-corrected chi connectivity index (χ1v) is 7.84. The summed E-state index contributed by atoms with van der Waals surface area (Å²) in [6, 6.07) is 4.03. The minimum absolute atomic E-state index is 0.162. The van der Waals surface area contributed by atoms with Crippen molar-refractivity contribution in [3.05, 3.63) is 36.3 Å². The van der Waals surface area contributed by atoms with Crippen molar-refractivity contribution in [3.63, 3.8) is 0 Å². The Bertz CT molecular complexity index is 654. The second-order valence-electron chi connectivity index (χ2n) is 6.03. The summed E-state index contributed by atoms with van der Waals surface area (Å²) in [5.41, 5.74) is 2.29. The maximum atomic E-state index is 10.8. The van der Waals surface area contributed by atoms with Crippen LogP contribution in [0.25, 0.3) is 10.9 Å². The van der Waals surface area contributed by atoms with Crippen LogP contribution in [0.4, 0.5) is 0 Å². The summed E-state index contributed by atoms with van der Waals surface area (Å²) in [6.45, 7) is 1.93. The Morgan fingerprint density at radius 2 is 2.18 bits per heavy atom. The Kier molecular flexibility index (Phi) is 4.63. The van der Waals surface area contributed by atoms with E-state index in [1.54, 1.807) is 6.20 Å². The number of likely N-dealkylation sites (tertiary alicyclic amines) is 1. The van der Waals surface area contributed by atoms with Crippen LogP contribution in [0.3, 0.4) is 0 Å². The Morgan fingerprint density at radius 1 is 1.27 bits per heavy atom. The molecule has 1 atom stereocenters. The lowest BCUT2D eigenvalue weighted by Crippen LogP contribution is -2.30. The quantitative estimate of drug-likeness (QED) is 0.938.